The maximum Gasteiger partial charge on any atom is 0.230 e. The van der Waals surface area contributed by atoms with E-state index in [2.05, 4.69) is 10.1 Å². The van der Waals surface area contributed by atoms with Gasteiger partial charge in [0.2, 0.25) is 5.88 Å². The summed E-state index contributed by atoms with van der Waals surface area (Å²) in [6.45, 7) is 0. The first-order valence-electron chi connectivity index (χ1n) is 5.58. The molecule has 2 aromatic heterocycles. The summed E-state index contributed by atoms with van der Waals surface area (Å²) in [5, 5.41) is 4.02. The fourth-order valence-corrected chi connectivity index (χ4v) is 2.47. The molecule has 3 aromatic rings. The highest BCUT2D eigenvalue weighted by Gasteiger charge is 2.18. The van der Waals surface area contributed by atoms with E-state index in [0.717, 1.165) is 21.8 Å². The third-order valence-electron chi connectivity index (χ3n) is 2.74. The first-order valence-corrected chi connectivity index (χ1v) is 6.46. The van der Waals surface area contributed by atoms with Crippen LogP contribution in [0.2, 0.25) is 0 Å². The lowest BCUT2D eigenvalue weighted by atomic mass is 10.0. The van der Waals surface area contributed by atoms with Crippen molar-refractivity contribution in [3.8, 4) is 27.4 Å². The molecule has 96 valence electrons. The van der Waals surface area contributed by atoms with Crippen LogP contribution in [0.15, 0.2) is 40.5 Å². The van der Waals surface area contributed by atoms with Crippen molar-refractivity contribution in [2.75, 3.05) is 12.8 Å². The Kier molecular flexibility index (Phi) is 2.92. The third kappa shape index (κ3) is 2.06. The van der Waals surface area contributed by atoms with Gasteiger partial charge in [0.25, 0.3) is 0 Å². The zero-order valence-corrected chi connectivity index (χ0v) is 11.0. The van der Waals surface area contributed by atoms with Gasteiger partial charge in [0.1, 0.15) is 11.4 Å². The number of benzene rings is 1. The van der Waals surface area contributed by atoms with Crippen LogP contribution in [0, 0.1) is 0 Å². The van der Waals surface area contributed by atoms with Gasteiger partial charge in [0, 0.05) is 6.20 Å². The molecule has 3 rings (SSSR count). The summed E-state index contributed by atoms with van der Waals surface area (Å²) in [6, 6.07) is 7.61. The second kappa shape index (κ2) is 4.74. The molecule has 0 spiro atoms. The molecule has 0 amide bonds. The van der Waals surface area contributed by atoms with Crippen molar-refractivity contribution in [3.63, 3.8) is 0 Å². The van der Waals surface area contributed by atoms with E-state index in [1.54, 1.807) is 18.8 Å². The largest absolute Gasteiger partial charge is 0.497 e. The van der Waals surface area contributed by atoms with Gasteiger partial charge < -0.3 is 15.0 Å². The van der Waals surface area contributed by atoms with E-state index in [4.69, 9.17) is 15.0 Å². The number of methoxy groups -OCH3 is 1. The van der Waals surface area contributed by atoms with E-state index in [1.807, 2.05) is 24.3 Å². The highest BCUT2D eigenvalue weighted by atomic mass is 32.1. The van der Waals surface area contributed by atoms with E-state index in [-0.39, 0.29) is 5.88 Å². The van der Waals surface area contributed by atoms with Gasteiger partial charge in [-0.3, -0.25) is 4.98 Å². The summed E-state index contributed by atoms with van der Waals surface area (Å²) in [4.78, 5) is 4.96. The molecule has 2 heterocycles. The molecule has 1 aromatic carbocycles. The molecule has 0 atom stereocenters. The first kappa shape index (κ1) is 11.7. The predicted octanol–water partition coefficient (Wildman–Crippen LogP) is 3.06. The van der Waals surface area contributed by atoms with Crippen molar-refractivity contribution in [2.24, 2.45) is 0 Å². The molecule has 2 N–H and O–H groups in total. The van der Waals surface area contributed by atoms with Crippen LogP contribution in [-0.2, 0) is 0 Å². The van der Waals surface area contributed by atoms with E-state index in [9.17, 15) is 0 Å². The van der Waals surface area contributed by atoms with Gasteiger partial charge in [-0.25, -0.2) is 0 Å². The van der Waals surface area contributed by atoms with Crippen LogP contribution in [0.3, 0.4) is 0 Å². The second-order valence-electron chi connectivity index (χ2n) is 3.87. The van der Waals surface area contributed by atoms with Gasteiger partial charge in [-0.15, -0.1) is 11.3 Å². The van der Waals surface area contributed by atoms with Gasteiger partial charge >= 0.3 is 0 Å². The van der Waals surface area contributed by atoms with Gasteiger partial charge in [-0.2, -0.15) is 0 Å². The van der Waals surface area contributed by atoms with E-state index >= 15 is 0 Å². The molecule has 0 radical (unpaired) electrons. The summed E-state index contributed by atoms with van der Waals surface area (Å²) < 4.78 is 10.3. The maximum atomic E-state index is 5.89. The zero-order valence-electron chi connectivity index (χ0n) is 10.2. The Labute approximate surface area is 113 Å². The van der Waals surface area contributed by atoms with Crippen LogP contribution in [0.5, 0.6) is 5.75 Å². The number of ether oxygens (including phenoxy) is 1. The maximum absolute atomic E-state index is 5.89. The minimum Gasteiger partial charge on any atom is -0.497 e. The molecule has 0 fully saturated rings. The van der Waals surface area contributed by atoms with E-state index < -0.39 is 0 Å². The van der Waals surface area contributed by atoms with Crippen molar-refractivity contribution in [1.29, 1.82) is 0 Å². The van der Waals surface area contributed by atoms with Crippen LogP contribution in [0.4, 0.5) is 5.88 Å². The third-order valence-corrected chi connectivity index (χ3v) is 3.52. The monoisotopic (exact) mass is 273 g/mol. The quantitative estimate of drug-likeness (QED) is 0.793. The van der Waals surface area contributed by atoms with Crippen molar-refractivity contribution >= 4 is 17.2 Å². The molecular formula is C13H11N3O2S. The SMILES string of the molecule is COc1cccc(-c2c(-c3cncs3)noc2N)c1. The van der Waals surface area contributed by atoms with E-state index in [0.29, 0.717) is 5.69 Å². The summed E-state index contributed by atoms with van der Waals surface area (Å²) in [6.07, 6.45) is 1.74. The Balaban J connectivity index is 2.16. The van der Waals surface area contributed by atoms with Crippen LogP contribution in [-0.4, -0.2) is 17.3 Å². The topological polar surface area (TPSA) is 74.2 Å². The number of hydrogen-bond acceptors (Lipinski definition) is 6. The minimum atomic E-state index is 0.289. The number of hydrogen-bond donors (Lipinski definition) is 1. The highest BCUT2D eigenvalue weighted by molar-refractivity contribution is 7.13. The number of nitrogen functional groups attached to an aromatic ring is 1. The predicted molar refractivity (Wildman–Crippen MR) is 74.0 cm³/mol. The van der Waals surface area contributed by atoms with Crippen molar-refractivity contribution in [1.82, 2.24) is 10.1 Å². The van der Waals surface area contributed by atoms with E-state index in [1.165, 1.54) is 11.3 Å². The molecule has 19 heavy (non-hydrogen) atoms. The van der Waals surface area contributed by atoms with Gasteiger partial charge in [-0.1, -0.05) is 17.3 Å². The number of rotatable bonds is 3. The first-order chi connectivity index (χ1) is 9.29. The normalized spacial score (nSPS) is 10.6. The Morgan fingerprint density at radius 2 is 2.26 bits per heavy atom. The number of nitrogens with two attached hydrogens (primary N) is 1. The molecule has 0 aliphatic carbocycles. The van der Waals surface area contributed by atoms with Crippen LogP contribution >= 0.6 is 11.3 Å². The smallest absolute Gasteiger partial charge is 0.230 e. The molecule has 0 unspecified atom stereocenters. The zero-order chi connectivity index (χ0) is 13.2. The van der Waals surface area contributed by atoms with Crippen molar-refractivity contribution in [3.05, 3.63) is 36.0 Å². The number of aromatic nitrogens is 2. The summed E-state index contributed by atoms with van der Waals surface area (Å²) in [7, 11) is 1.63. The lowest BCUT2D eigenvalue weighted by Crippen LogP contribution is -1.88. The standard InChI is InChI=1S/C13H11N3O2S/c1-17-9-4-2-3-8(5-9)11-12(16-18-13(11)14)10-6-15-7-19-10/h2-7H,14H2,1H3. The molecular weight excluding hydrogens is 262 g/mol. The minimum absolute atomic E-state index is 0.289. The number of anilines is 1. The van der Waals surface area contributed by atoms with Gasteiger partial charge in [0.15, 0.2) is 0 Å². The molecule has 0 bridgehead atoms. The molecule has 5 nitrogen and oxygen atoms in total. The Morgan fingerprint density at radius 3 is 3.00 bits per heavy atom. The molecule has 0 aliphatic rings. The lowest BCUT2D eigenvalue weighted by molar-refractivity contribution is 0.415. The molecule has 6 heteroatoms. The summed E-state index contributed by atoms with van der Waals surface area (Å²) in [5.41, 5.74) is 10.0. The number of nitrogens with zero attached hydrogens (tertiary/aromatic N) is 2. The Hall–Kier alpha value is -2.34. The summed E-state index contributed by atoms with van der Waals surface area (Å²) in [5.74, 6) is 1.05. The Bertz CT molecular complexity index is 692. The fourth-order valence-electron chi connectivity index (χ4n) is 1.86. The van der Waals surface area contributed by atoms with Crippen LogP contribution in [0.25, 0.3) is 21.7 Å². The lowest BCUT2D eigenvalue weighted by Gasteiger charge is -2.04. The van der Waals surface area contributed by atoms with Crippen molar-refractivity contribution < 1.29 is 9.26 Å². The van der Waals surface area contributed by atoms with Gasteiger partial charge in [-0.05, 0) is 17.7 Å². The molecule has 0 aliphatic heterocycles. The van der Waals surface area contributed by atoms with Crippen LogP contribution in [0.1, 0.15) is 0 Å². The number of thiazole rings is 1. The van der Waals surface area contributed by atoms with Crippen LogP contribution < -0.4 is 10.5 Å². The van der Waals surface area contributed by atoms with Crippen molar-refractivity contribution in [2.45, 2.75) is 0 Å². The highest BCUT2D eigenvalue weighted by Crippen LogP contribution is 2.38. The molecule has 0 saturated heterocycles. The second-order valence-corrected chi connectivity index (χ2v) is 4.75. The molecule has 0 saturated carbocycles. The van der Waals surface area contributed by atoms with Gasteiger partial charge in [0.05, 0.1) is 23.1 Å². The summed E-state index contributed by atoms with van der Waals surface area (Å²) >= 11 is 1.49. The average molecular weight is 273 g/mol. The Morgan fingerprint density at radius 1 is 1.37 bits per heavy atom. The fraction of sp³-hybridized carbons (Fsp3) is 0.0769. The average Bonchev–Trinajstić information content (AvgIpc) is 3.07.